The van der Waals surface area contributed by atoms with Gasteiger partial charge in [0.15, 0.2) is 0 Å². The quantitative estimate of drug-likeness (QED) is 0.531. The van der Waals surface area contributed by atoms with Crippen LogP contribution in [-0.4, -0.2) is 33.3 Å². The van der Waals surface area contributed by atoms with E-state index in [1.165, 1.54) is 19.2 Å². The Morgan fingerprint density at radius 3 is 2.53 bits per heavy atom. The number of nitrogen functional groups attached to an aromatic ring is 1. The summed E-state index contributed by atoms with van der Waals surface area (Å²) in [5.74, 6) is -3.28. The zero-order valence-electron chi connectivity index (χ0n) is 17.6. The first-order chi connectivity index (χ1) is 15.8. The van der Waals surface area contributed by atoms with Crippen LogP contribution in [0.1, 0.15) is 37.1 Å². The van der Waals surface area contributed by atoms with E-state index in [-0.39, 0.29) is 21.7 Å². The number of nitriles is 1. The zero-order chi connectivity index (χ0) is 24.7. The van der Waals surface area contributed by atoms with Gasteiger partial charge >= 0.3 is 6.18 Å². The van der Waals surface area contributed by atoms with Gasteiger partial charge in [0.2, 0.25) is 27.6 Å². The molecule has 178 valence electrons. The SMILES string of the molecule is Cc1c(F)cc(S(=O)(=O)NC23CCC(C#N)(C2)C3)cc1-c1cn2c(N)nc(C(F)(F)F)nc2n1. The molecule has 34 heavy (non-hydrogen) atoms. The maximum Gasteiger partial charge on any atom is 0.451 e. The number of hydrogen-bond donors (Lipinski definition) is 2. The third-order valence-corrected chi connectivity index (χ3v) is 8.10. The number of anilines is 1. The number of rotatable bonds is 4. The highest BCUT2D eigenvalue weighted by Gasteiger charge is 2.62. The van der Waals surface area contributed by atoms with Crippen LogP contribution in [0.2, 0.25) is 0 Å². The molecule has 0 atom stereocenters. The van der Waals surface area contributed by atoms with Crippen molar-refractivity contribution in [3.05, 3.63) is 35.5 Å². The number of aromatic nitrogens is 4. The number of halogens is 4. The molecule has 3 aliphatic rings. The van der Waals surface area contributed by atoms with Gasteiger partial charge < -0.3 is 5.73 Å². The molecule has 1 aromatic carbocycles. The summed E-state index contributed by atoms with van der Waals surface area (Å²) in [5.41, 5.74) is 4.41. The van der Waals surface area contributed by atoms with Gasteiger partial charge in [-0.05, 0) is 50.3 Å². The second-order valence-corrected chi connectivity index (χ2v) is 10.6. The molecular formula is C20H17F4N7O2S. The standard InChI is InChI=1S/C20H17F4N7O2S/c1-10-12(14-6-31-16(26)28-15(20(22,23)24)29-17(31)27-14)4-11(5-13(10)21)34(32,33)30-19-3-2-18(7-19,8-19)9-25/h4-6,30H,2-3,7-8H2,1H3,(H2,26,27,28,29). The number of nitrogens with zero attached hydrogens (tertiary/aromatic N) is 5. The summed E-state index contributed by atoms with van der Waals surface area (Å²) in [4.78, 5) is 10.2. The van der Waals surface area contributed by atoms with E-state index in [4.69, 9.17) is 5.73 Å². The number of hydrogen-bond acceptors (Lipinski definition) is 7. The fraction of sp³-hybridized carbons (Fsp3) is 0.400. The van der Waals surface area contributed by atoms with Gasteiger partial charge in [-0.3, -0.25) is 4.40 Å². The van der Waals surface area contributed by atoms with E-state index in [0.29, 0.717) is 25.7 Å². The molecule has 2 bridgehead atoms. The third kappa shape index (κ3) is 3.38. The Kier molecular flexibility index (Phi) is 4.54. The topological polar surface area (TPSA) is 139 Å². The highest BCUT2D eigenvalue weighted by molar-refractivity contribution is 7.89. The zero-order valence-corrected chi connectivity index (χ0v) is 18.4. The number of sulfonamides is 1. The van der Waals surface area contributed by atoms with Gasteiger partial charge in [-0.1, -0.05) is 0 Å². The lowest BCUT2D eigenvalue weighted by molar-refractivity contribution is -0.144. The summed E-state index contributed by atoms with van der Waals surface area (Å²) in [5, 5.41) is 9.30. The second kappa shape index (κ2) is 6.86. The van der Waals surface area contributed by atoms with Gasteiger partial charge in [-0.2, -0.15) is 28.4 Å². The lowest BCUT2D eigenvalue weighted by Crippen LogP contribution is -2.55. The largest absolute Gasteiger partial charge is 0.451 e. The molecule has 14 heteroatoms. The molecule has 3 N–H and O–H groups in total. The molecule has 3 aromatic rings. The summed E-state index contributed by atoms with van der Waals surface area (Å²) < 4.78 is 83.6. The van der Waals surface area contributed by atoms with Crippen LogP contribution in [0.25, 0.3) is 17.0 Å². The minimum absolute atomic E-state index is 0.0278. The normalized spacial score (nSPS) is 24.2. The predicted octanol–water partition coefficient (Wildman–Crippen LogP) is 2.95. The van der Waals surface area contributed by atoms with E-state index in [2.05, 4.69) is 25.7 Å². The summed E-state index contributed by atoms with van der Waals surface area (Å²) in [7, 11) is -4.17. The van der Waals surface area contributed by atoms with E-state index in [1.807, 2.05) is 0 Å². The fourth-order valence-corrected chi connectivity index (χ4v) is 6.38. The van der Waals surface area contributed by atoms with Crippen molar-refractivity contribution < 1.29 is 26.0 Å². The fourth-order valence-electron chi connectivity index (χ4n) is 4.91. The van der Waals surface area contributed by atoms with Gasteiger partial charge in [0.05, 0.1) is 22.1 Å². The summed E-state index contributed by atoms with van der Waals surface area (Å²) in [6.45, 7) is 1.39. The van der Waals surface area contributed by atoms with E-state index in [9.17, 15) is 31.2 Å². The maximum atomic E-state index is 14.8. The molecule has 0 aliphatic heterocycles. The third-order valence-electron chi connectivity index (χ3n) is 6.54. The minimum atomic E-state index is -4.85. The van der Waals surface area contributed by atoms with E-state index in [0.717, 1.165) is 10.5 Å². The lowest BCUT2D eigenvalue weighted by Gasteiger charge is -2.43. The molecule has 3 aliphatic carbocycles. The molecule has 0 amide bonds. The first kappa shape index (κ1) is 22.5. The van der Waals surface area contributed by atoms with Crippen LogP contribution in [0, 0.1) is 29.5 Å². The van der Waals surface area contributed by atoms with Crippen molar-refractivity contribution in [1.29, 1.82) is 5.26 Å². The van der Waals surface area contributed by atoms with Gasteiger partial charge in [-0.25, -0.2) is 22.5 Å². The highest BCUT2D eigenvalue weighted by Crippen LogP contribution is 2.61. The van der Waals surface area contributed by atoms with Crippen molar-refractivity contribution in [2.75, 3.05) is 5.73 Å². The Hall–Kier alpha value is -3.31. The average Bonchev–Trinajstić information content (AvgIpc) is 3.40. The first-order valence-corrected chi connectivity index (χ1v) is 11.6. The van der Waals surface area contributed by atoms with Crippen molar-refractivity contribution in [3.63, 3.8) is 0 Å². The van der Waals surface area contributed by atoms with E-state index >= 15 is 0 Å². The van der Waals surface area contributed by atoms with Crippen LogP contribution in [0.5, 0.6) is 0 Å². The molecule has 0 radical (unpaired) electrons. The molecule has 6 rings (SSSR count). The Morgan fingerprint density at radius 2 is 1.91 bits per heavy atom. The van der Waals surface area contributed by atoms with Gasteiger partial charge in [0, 0.05) is 17.3 Å². The molecule has 3 saturated carbocycles. The summed E-state index contributed by atoms with van der Waals surface area (Å²) >= 11 is 0. The number of benzene rings is 1. The van der Waals surface area contributed by atoms with Crippen LogP contribution in [0.4, 0.5) is 23.5 Å². The van der Waals surface area contributed by atoms with E-state index < -0.39 is 50.5 Å². The van der Waals surface area contributed by atoms with Gasteiger partial charge in [0.25, 0.3) is 0 Å². The molecule has 2 heterocycles. The highest BCUT2D eigenvalue weighted by atomic mass is 32.2. The van der Waals surface area contributed by atoms with Gasteiger partial charge in [0.1, 0.15) is 5.82 Å². The van der Waals surface area contributed by atoms with Crippen molar-refractivity contribution in [1.82, 2.24) is 24.1 Å². The first-order valence-electron chi connectivity index (χ1n) is 10.1. The number of fused-ring (bicyclic) bond motifs is 2. The molecule has 0 spiro atoms. The van der Waals surface area contributed by atoms with Gasteiger partial charge in [-0.15, -0.1) is 0 Å². The van der Waals surface area contributed by atoms with Crippen LogP contribution in [0.15, 0.2) is 23.2 Å². The Labute approximate surface area is 190 Å². The van der Waals surface area contributed by atoms with E-state index in [1.54, 1.807) is 0 Å². The smallest absolute Gasteiger partial charge is 0.369 e. The Bertz CT molecular complexity index is 1500. The molecule has 0 unspecified atom stereocenters. The number of alkyl halides is 3. The van der Waals surface area contributed by atoms with Crippen molar-refractivity contribution >= 4 is 21.7 Å². The molecule has 2 aromatic heterocycles. The molecule has 9 nitrogen and oxygen atoms in total. The monoisotopic (exact) mass is 495 g/mol. The Morgan fingerprint density at radius 1 is 1.21 bits per heavy atom. The van der Waals surface area contributed by atoms with Crippen LogP contribution in [-0.2, 0) is 16.2 Å². The summed E-state index contributed by atoms with van der Waals surface area (Å²) in [6.07, 6.45) is -1.77. The van der Waals surface area contributed by atoms with Crippen molar-refractivity contribution in [3.8, 4) is 17.3 Å². The lowest BCUT2D eigenvalue weighted by atomic mass is 9.66. The minimum Gasteiger partial charge on any atom is -0.369 e. The summed E-state index contributed by atoms with van der Waals surface area (Å²) in [6, 6.07) is 4.30. The maximum absolute atomic E-state index is 14.8. The number of imidazole rings is 1. The van der Waals surface area contributed by atoms with Crippen LogP contribution < -0.4 is 10.5 Å². The Balaban J connectivity index is 1.55. The molecular weight excluding hydrogens is 478 g/mol. The second-order valence-electron chi connectivity index (χ2n) is 8.91. The number of nitrogens with one attached hydrogen (secondary N) is 1. The molecule has 3 fully saturated rings. The average molecular weight is 495 g/mol. The van der Waals surface area contributed by atoms with Crippen molar-refractivity contribution in [2.24, 2.45) is 5.41 Å². The molecule has 0 saturated heterocycles. The number of nitrogens with two attached hydrogens (primary N) is 1. The van der Waals surface area contributed by atoms with Crippen LogP contribution >= 0.6 is 0 Å². The van der Waals surface area contributed by atoms with Crippen LogP contribution in [0.3, 0.4) is 0 Å². The van der Waals surface area contributed by atoms with Crippen molar-refractivity contribution in [2.45, 2.75) is 49.2 Å². The predicted molar refractivity (Wildman–Crippen MR) is 110 cm³/mol.